The van der Waals surface area contributed by atoms with E-state index in [0.717, 1.165) is 11.3 Å². The van der Waals surface area contributed by atoms with Crippen LogP contribution in [0.4, 0.5) is 5.69 Å². The number of hydrogen-bond donors (Lipinski definition) is 1. The number of nitrogens with one attached hydrogen (secondary N) is 1. The summed E-state index contributed by atoms with van der Waals surface area (Å²) in [6.45, 7) is 0.383. The standard InChI is InChI=1S/C19H16Cl3N3O3/c1-26-17-9-18(27-2)25-19(24-17)28-16-5-3-4-13(20)12(16)10-23-11-6-7-14(21)15(22)8-11/h3-9,23H,10H2,1-2H3. The predicted octanol–water partition coefficient (Wildman–Crippen LogP) is 5.86. The third-order valence-electron chi connectivity index (χ3n) is 3.74. The molecule has 1 N–H and O–H groups in total. The summed E-state index contributed by atoms with van der Waals surface area (Å²) < 4.78 is 16.1. The minimum Gasteiger partial charge on any atom is -0.481 e. The van der Waals surface area contributed by atoms with Crippen LogP contribution in [0.25, 0.3) is 0 Å². The molecule has 0 saturated heterocycles. The molecule has 0 aliphatic rings. The van der Waals surface area contributed by atoms with E-state index < -0.39 is 0 Å². The molecule has 6 nitrogen and oxygen atoms in total. The van der Waals surface area contributed by atoms with Crippen LogP contribution in [0, 0.1) is 0 Å². The second kappa shape index (κ2) is 9.19. The predicted molar refractivity (Wildman–Crippen MR) is 110 cm³/mol. The van der Waals surface area contributed by atoms with Gasteiger partial charge in [0.05, 0.1) is 30.3 Å². The normalized spacial score (nSPS) is 10.5. The molecule has 9 heteroatoms. The highest BCUT2D eigenvalue weighted by Crippen LogP contribution is 2.32. The maximum Gasteiger partial charge on any atom is 0.328 e. The van der Waals surface area contributed by atoms with Crippen LogP contribution < -0.4 is 19.5 Å². The van der Waals surface area contributed by atoms with Crippen LogP contribution in [-0.2, 0) is 6.54 Å². The summed E-state index contributed by atoms with van der Waals surface area (Å²) >= 11 is 18.4. The number of methoxy groups -OCH3 is 2. The topological polar surface area (TPSA) is 65.5 Å². The summed E-state index contributed by atoms with van der Waals surface area (Å²) in [4.78, 5) is 8.35. The molecule has 0 fully saturated rings. The fourth-order valence-electron chi connectivity index (χ4n) is 2.34. The Morgan fingerprint density at radius 3 is 2.21 bits per heavy atom. The zero-order valence-corrected chi connectivity index (χ0v) is 17.3. The molecule has 1 aromatic heterocycles. The lowest BCUT2D eigenvalue weighted by Gasteiger charge is -2.14. The molecule has 0 aliphatic heterocycles. The van der Waals surface area contributed by atoms with Crippen molar-refractivity contribution in [3.63, 3.8) is 0 Å². The molecule has 0 amide bonds. The van der Waals surface area contributed by atoms with Crippen molar-refractivity contribution < 1.29 is 14.2 Å². The molecular formula is C19H16Cl3N3O3. The molecule has 0 spiro atoms. The highest BCUT2D eigenvalue weighted by molar-refractivity contribution is 6.42. The first-order valence-corrected chi connectivity index (χ1v) is 9.24. The van der Waals surface area contributed by atoms with E-state index in [1.165, 1.54) is 14.2 Å². The van der Waals surface area contributed by atoms with Gasteiger partial charge in [0, 0.05) is 22.8 Å². The third kappa shape index (κ3) is 4.90. The Balaban J connectivity index is 1.85. The van der Waals surface area contributed by atoms with Gasteiger partial charge in [0.25, 0.3) is 0 Å². The highest BCUT2D eigenvalue weighted by atomic mass is 35.5. The van der Waals surface area contributed by atoms with E-state index in [1.54, 1.807) is 36.4 Å². The summed E-state index contributed by atoms with van der Waals surface area (Å²) in [5.74, 6) is 1.13. The van der Waals surface area contributed by atoms with Crippen LogP contribution in [0.3, 0.4) is 0 Å². The molecule has 0 radical (unpaired) electrons. The average Bonchev–Trinajstić information content (AvgIpc) is 2.69. The molecule has 0 aliphatic carbocycles. The van der Waals surface area contributed by atoms with E-state index in [9.17, 15) is 0 Å². The molecule has 2 aromatic carbocycles. The molecule has 0 unspecified atom stereocenters. The lowest BCUT2D eigenvalue weighted by Crippen LogP contribution is -2.04. The molecule has 3 rings (SSSR count). The number of halogens is 3. The average molecular weight is 441 g/mol. The van der Waals surface area contributed by atoms with Crippen LogP contribution >= 0.6 is 34.8 Å². The largest absolute Gasteiger partial charge is 0.481 e. The molecule has 0 bridgehead atoms. The van der Waals surface area contributed by atoms with E-state index in [2.05, 4.69) is 15.3 Å². The lowest BCUT2D eigenvalue weighted by molar-refractivity contribution is 0.347. The summed E-state index contributed by atoms with van der Waals surface area (Å²) in [6.07, 6.45) is 0. The Labute approximate surface area is 177 Å². The minimum atomic E-state index is 0.0780. The van der Waals surface area contributed by atoms with Crippen LogP contribution in [0.15, 0.2) is 42.5 Å². The molecule has 0 saturated carbocycles. The number of benzene rings is 2. The number of rotatable bonds is 7. The van der Waals surface area contributed by atoms with Gasteiger partial charge < -0.3 is 19.5 Å². The number of anilines is 1. The van der Waals surface area contributed by atoms with Crippen molar-refractivity contribution in [3.05, 3.63) is 63.1 Å². The van der Waals surface area contributed by atoms with Gasteiger partial charge in [0.15, 0.2) is 0 Å². The van der Waals surface area contributed by atoms with Crippen molar-refractivity contribution in [2.24, 2.45) is 0 Å². The first-order valence-electron chi connectivity index (χ1n) is 8.11. The van der Waals surface area contributed by atoms with Crippen LogP contribution in [0.5, 0.6) is 23.5 Å². The Morgan fingerprint density at radius 1 is 0.857 bits per heavy atom. The van der Waals surface area contributed by atoms with E-state index in [0.29, 0.717) is 39.1 Å². The second-order valence-electron chi connectivity index (χ2n) is 5.54. The Bertz CT molecular complexity index is 964. The fourth-order valence-corrected chi connectivity index (χ4v) is 2.87. The zero-order chi connectivity index (χ0) is 20.1. The van der Waals surface area contributed by atoms with Crippen LogP contribution in [-0.4, -0.2) is 24.2 Å². The van der Waals surface area contributed by atoms with Crippen molar-refractivity contribution >= 4 is 40.5 Å². The second-order valence-corrected chi connectivity index (χ2v) is 6.76. The Kier molecular flexibility index (Phi) is 6.67. The fraction of sp³-hybridized carbons (Fsp3) is 0.158. The first kappa shape index (κ1) is 20.3. The number of ether oxygens (including phenoxy) is 3. The monoisotopic (exact) mass is 439 g/mol. The van der Waals surface area contributed by atoms with Gasteiger partial charge in [-0.25, -0.2) is 0 Å². The van der Waals surface area contributed by atoms with Gasteiger partial charge >= 0.3 is 6.01 Å². The zero-order valence-electron chi connectivity index (χ0n) is 15.0. The molecule has 1 heterocycles. The number of nitrogens with zero attached hydrogens (tertiary/aromatic N) is 2. The highest BCUT2D eigenvalue weighted by Gasteiger charge is 2.13. The van der Waals surface area contributed by atoms with Crippen molar-refractivity contribution in [1.82, 2.24) is 9.97 Å². The Morgan fingerprint density at radius 2 is 1.57 bits per heavy atom. The maximum absolute atomic E-state index is 6.38. The van der Waals surface area contributed by atoms with Crippen molar-refractivity contribution in [3.8, 4) is 23.5 Å². The molecular weight excluding hydrogens is 425 g/mol. The van der Waals surface area contributed by atoms with Gasteiger partial charge in [-0.1, -0.05) is 40.9 Å². The minimum absolute atomic E-state index is 0.0780. The third-order valence-corrected chi connectivity index (χ3v) is 4.84. The van der Waals surface area contributed by atoms with E-state index >= 15 is 0 Å². The van der Waals surface area contributed by atoms with Gasteiger partial charge in [0.2, 0.25) is 11.8 Å². The quantitative estimate of drug-likeness (QED) is 0.496. The smallest absolute Gasteiger partial charge is 0.328 e. The number of hydrogen-bond acceptors (Lipinski definition) is 6. The maximum atomic E-state index is 6.38. The number of aromatic nitrogens is 2. The SMILES string of the molecule is COc1cc(OC)nc(Oc2cccc(Cl)c2CNc2ccc(Cl)c(Cl)c2)n1. The van der Waals surface area contributed by atoms with Crippen molar-refractivity contribution in [1.29, 1.82) is 0 Å². The summed E-state index contributed by atoms with van der Waals surface area (Å²) in [6, 6.07) is 12.2. The van der Waals surface area contributed by atoms with Gasteiger partial charge in [-0.2, -0.15) is 9.97 Å². The van der Waals surface area contributed by atoms with Crippen LogP contribution in [0.2, 0.25) is 15.1 Å². The summed E-state index contributed by atoms with van der Waals surface area (Å²) in [5, 5.41) is 4.71. The molecule has 28 heavy (non-hydrogen) atoms. The van der Waals surface area contributed by atoms with Gasteiger partial charge in [-0.15, -0.1) is 0 Å². The van der Waals surface area contributed by atoms with Gasteiger partial charge in [-0.3, -0.25) is 0 Å². The van der Waals surface area contributed by atoms with E-state index in [4.69, 9.17) is 49.0 Å². The Hall–Kier alpha value is -2.41. The lowest BCUT2D eigenvalue weighted by atomic mass is 10.2. The van der Waals surface area contributed by atoms with Gasteiger partial charge in [-0.05, 0) is 30.3 Å². The molecule has 3 aromatic rings. The summed E-state index contributed by atoms with van der Waals surface area (Å²) in [5.41, 5.74) is 1.51. The van der Waals surface area contributed by atoms with Crippen LogP contribution in [0.1, 0.15) is 5.56 Å². The van der Waals surface area contributed by atoms with E-state index in [1.807, 2.05) is 6.07 Å². The van der Waals surface area contributed by atoms with Crippen molar-refractivity contribution in [2.75, 3.05) is 19.5 Å². The summed E-state index contributed by atoms with van der Waals surface area (Å²) in [7, 11) is 3.00. The van der Waals surface area contributed by atoms with E-state index in [-0.39, 0.29) is 6.01 Å². The van der Waals surface area contributed by atoms with Crippen molar-refractivity contribution in [2.45, 2.75) is 6.54 Å². The van der Waals surface area contributed by atoms with Gasteiger partial charge in [0.1, 0.15) is 5.75 Å². The first-order chi connectivity index (χ1) is 13.5. The molecule has 146 valence electrons. The molecule has 0 atom stereocenters.